The zero-order valence-electron chi connectivity index (χ0n) is 18.9. The van der Waals surface area contributed by atoms with Gasteiger partial charge >= 0.3 is 11.9 Å². The molecule has 0 bridgehead atoms. The molecule has 0 spiro atoms. The van der Waals surface area contributed by atoms with E-state index in [0.717, 1.165) is 37.3 Å². The van der Waals surface area contributed by atoms with Crippen molar-refractivity contribution in [2.75, 3.05) is 31.1 Å². The number of esters is 2. The molecule has 34 heavy (non-hydrogen) atoms. The number of hydrogen-bond acceptors (Lipinski definition) is 6. The van der Waals surface area contributed by atoms with Gasteiger partial charge in [0, 0.05) is 30.5 Å². The Labute approximate surface area is 195 Å². The maximum Gasteiger partial charge on any atom is 0.349 e. The third kappa shape index (κ3) is 4.16. The molecule has 0 saturated carbocycles. The van der Waals surface area contributed by atoms with Gasteiger partial charge in [-0.15, -0.1) is 0 Å². The van der Waals surface area contributed by atoms with E-state index in [1.54, 1.807) is 12.3 Å². The van der Waals surface area contributed by atoms with Crippen LogP contribution in [0.4, 0.5) is 14.5 Å². The second kappa shape index (κ2) is 9.13. The molecule has 0 amide bonds. The molecule has 178 valence electrons. The fraction of sp³-hybridized carbons (Fsp3) is 0.400. The lowest BCUT2D eigenvalue weighted by Gasteiger charge is -2.27. The first-order chi connectivity index (χ1) is 16.4. The van der Waals surface area contributed by atoms with Crippen molar-refractivity contribution in [2.45, 2.75) is 32.2 Å². The van der Waals surface area contributed by atoms with Crippen molar-refractivity contribution in [3.8, 4) is 0 Å². The molecule has 2 aliphatic rings. The van der Waals surface area contributed by atoms with Crippen LogP contribution >= 0.6 is 0 Å². The van der Waals surface area contributed by atoms with Gasteiger partial charge in [0.2, 0.25) is 0 Å². The largest absolute Gasteiger partial charge is 0.389 e. The lowest BCUT2D eigenvalue weighted by Crippen LogP contribution is -2.26. The van der Waals surface area contributed by atoms with E-state index in [2.05, 4.69) is 10.00 Å². The number of likely N-dealkylation sites (tertiary alicyclic amines) is 1. The Morgan fingerprint density at radius 3 is 2.79 bits per heavy atom. The van der Waals surface area contributed by atoms with Gasteiger partial charge in [0.15, 0.2) is 0 Å². The smallest absolute Gasteiger partial charge is 0.349 e. The number of anilines is 1. The Kier molecular flexibility index (Phi) is 6.03. The van der Waals surface area contributed by atoms with Gasteiger partial charge < -0.3 is 14.5 Å². The zero-order valence-corrected chi connectivity index (χ0v) is 18.9. The Hall–Kier alpha value is -3.33. The van der Waals surface area contributed by atoms with Gasteiger partial charge in [-0.3, -0.25) is 4.79 Å². The van der Waals surface area contributed by atoms with E-state index in [1.165, 1.54) is 16.8 Å². The van der Waals surface area contributed by atoms with Crippen molar-refractivity contribution in [1.82, 2.24) is 14.5 Å². The Balaban J connectivity index is 1.39. The van der Waals surface area contributed by atoms with E-state index in [9.17, 15) is 18.4 Å². The Bertz CT molecular complexity index is 1240. The van der Waals surface area contributed by atoms with Crippen LogP contribution in [0.5, 0.6) is 0 Å². The maximum absolute atomic E-state index is 14.5. The molecule has 0 N–H and O–H groups in total. The number of benzene rings is 1. The molecule has 0 radical (unpaired) electrons. The van der Waals surface area contributed by atoms with Crippen molar-refractivity contribution in [3.05, 3.63) is 65.5 Å². The SMILES string of the molecule is CCN1CCC(C(=O)OC(=O)c2cnn3ccc(N4CCC[C@@H]4c4cc(F)ccc4F)cc23)C1. The summed E-state index contributed by atoms with van der Waals surface area (Å²) in [5, 5.41) is 4.21. The number of hydrogen-bond donors (Lipinski definition) is 0. The molecule has 2 atom stereocenters. The van der Waals surface area contributed by atoms with E-state index < -0.39 is 23.6 Å². The summed E-state index contributed by atoms with van der Waals surface area (Å²) >= 11 is 0. The highest BCUT2D eigenvalue weighted by molar-refractivity contribution is 6.02. The number of aromatic nitrogens is 2. The number of fused-ring (bicyclic) bond motifs is 1. The average Bonchev–Trinajstić information content (AvgIpc) is 3.59. The summed E-state index contributed by atoms with van der Waals surface area (Å²) in [5.41, 5.74) is 1.75. The number of pyridine rings is 1. The van der Waals surface area contributed by atoms with Gasteiger partial charge in [0.1, 0.15) is 17.2 Å². The molecule has 1 aromatic carbocycles. The molecule has 0 aliphatic carbocycles. The third-order valence-electron chi connectivity index (χ3n) is 6.87. The average molecular weight is 469 g/mol. The van der Waals surface area contributed by atoms with Gasteiger partial charge in [-0.25, -0.2) is 18.1 Å². The molecule has 9 heteroatoms. The van der Waals surface area contributed by atoms with Crippen LogP contribution in [0.2, 0.25) is 0 Å². The number of ether oxygens (including phenoxy) is 1. The quantitative estimate of drug-likeness (QED) is 0.417. The van der Waals surface area contributed by atoms with Crippen molar-refractivity contribution in [2.24, 2.45) is 5.92 Å². The summed E-state index contributed by atoms with van der Waals surface area (Å²) in [7, 11) is 0. The molecule has 2 aromatic heterocycles. The summed E-state index contributed by atoms with van der Waals surface area (Å²) in [6.45, 7) is 4.95. The molecule has 2 fully saturated rings. The van der Waals surface area contributed by atoms with Crippen LogP contribution in [0.25, 0.3) is 5.52 Å². The van der Waals surface area contributed by atoms with E-state index in [4.69, 9.17) is 4.74 Å². The van der Waals surface area contributed by atoms with Gasteiger partial charge in [-0.2, -0.15) is 5.10 Å². The lowest BCUT2D eigenvalue weighted by molar-refractivity contribution is -0.142. The molecule has 5 rings (SSSR count). The van der Waals surface area contributed by atoms with Crippen molar-refractivity contribution in [1.29, 1.82) is 0 Å². The predicted octanol–water partition coefficient (Wildman–Crippen LogP) is 3.98. The summed E-state index contributed by atoms with van der Waals surface area (Å²) in [5.74, 6) is -2.49. The Morgan fingerprint density at radius 1 is 1.15 bits per heavy atom. The van der Waals surface area contributed by atoms with Crippen molar-refractivity contribution >= 4 is 23.1 Å². The van der Waals surface area contributed by atoms with Crippen LogP contribution in [0.15, 0.2) is 42.7 Å². The van der Waals surface area contributed by atoms with Crippen molar-refractivity contribution < 1.29 is 23.1 Å². The monoisotopic (exact) mass is 468 g/mol. The van der Waals surface area contributed by atoms with Gasteiger partial charge in [-0.05, 0) is 62.7 Å². The fourth-order valence-corrected chi connectivity index (χ4v) is 5.02. The highest BCUT2D eigenvalue weighted by Crippen LogP contribution is 2.38. The minimum atomic E-state index is -0.735. The molecule has 3 aromatic rings. The van der Waals surface area contributed by atoms with Gasteiger partial charge in [0.25, 0.3) is 0 Å². The molecular weight excluding hydrogens is 442 g/mol. The second-order valence-electron chi connectivity index (χ2n) is 8.88. The Morgan fingerprint density at radius 2 is 2.00 bits per heavy atom. The molecule has 7 nitrogen and oxygen atoms in total. The first kappa shape index (κ1) is 22.5. The standard InChI is InChI=1S/C25H26F2N4O3/c1-2-29-10-7-16(15-29)24(32)34-25(33)20-14-28-31-11-8-18(13-23(20)31)30-9-3-4-22(30)19-12-17(26)5-6-21(19)27/h5-6,8,11-14,16,22H,2-4,7,9-10,15H2,1H3/t16?,22-/m1/s1. The first-order valence-electron chi connectivity index (χ1n) is 11.6. The highest BCUT2D eigenvalue weighted by atomic mass is 19.1. The van der Waals surface area contributed by atoms with E-state index in [1.807, 2.05) is 17.9 Å². The molecule has 1 unspecified atom stereocenters. The summed E-state index contributed by atoms with van der Waals surface area (Å²) < 4.78 is 35.0. The topological polar surface area (TPSA) is 67.1 Å². The van der Waals surface area contributed by atoms with Gasteiger partial charge in [-0.1, -0.05) is 6.92 Å². The number of carbonyl (C=O) groups is 2. The molecule has 2 aliphatic heterocycles. The minimum absolute atomic E-state index is 0.188. The molecule has 2 saturated heterocycles. The molecule has 4 heterocycles. The van der Waals surface area contributed by atoms with Crippen LogP contribution in [-0.2, 0) is 9.53 Å². The number of nitrogens with zero attached hydrogens (tertiary/aromatic N) is 4. The predicted molar refractivity (Wildman–Crippen MR) is 122 cm³/mol. The van der Waals surface area contributed by atoms with Crippen molar-refractivity contribution in [3.63, 3.8) is 0 Å². The van der Waals surface area contributed by atoms with Crippen LogP contribution in [0.1, 0.15) is 48.1 Å². The van der Waals surface area contributed by atoms with Crippen LogP contribution in [0.3, 0.4) is 0 Å². The highest BCUT2D eigenvalue weighted by Gasteiger charge is 2.32. The van der Waals surface area contributed by atoms with E-state index in [0.29, 0.717) is 37.0 Å². The van der Waals surface area contributed by atoms with Crippen LogP contribution in [-0.4, -0.2) is 52.6 Å². The fourth-order valence-electron chi connectivity index (χ4n) is 5.02. The zero-order chi connectivity index (χ0) is 23.8. The van der Waals surface area contributed by atoms with Crippen LogP contribution in [0, 0.1) is 17.6 Å². The van der Waals surface area contributed by atoms with Gasteiger partial charge in [0.05, 0.1) is 23.7 Å². The van der Waals surface area contributed by atoms with Crippen LogP contribution < -0.4 is 4.90 Å². The maximum atomic E-state index is 14.5. The second-order valence-corrected chi connectivity index (χ2v) is 8.88. The molecular formula is C25H26F2N4O3. The number of halogens is 2. The number of rotatable bonds is 5. The summed E-state index contributed by atoms with van der Waals surface area (Å²) in [6.07, 6.45) is 5.27. The first-order valence-corrected chi connectivity index (χ1v) is 11.6. The summed E-state index contributed by atoms with van der Waals surface area (Å²) in [4.78, 5) is 29.5. The summed E-state index contributed by atoms with van der Waals surface area (Å²) in [6, 6.07) is 6.79. The minimum Gasteiger partial charge on any atom is -0.389 e. The lowest BCUT2D eigenvalue weighted by atomic mass is 10.0. The normalized spacial score (nSPS) is 20.9. The van der Waals surface area contributed by atoms with E-state index in [-0.39, 0.29) is 17.5 Å². The number of carbonyl (C=O) groups excluding carboxylic acids is 2. The third-order valence-corrected chi connectivity index (χ3v) is 6.87. The van der Waals surface area contributed by atoms with E-state index >= 15 is 0 Å².